The molecule has 1 aliphatic carbocycles. The minimum Gasteiger partial charge on any atom is -0.346 e. The van der Waals surface area contributed by atoms with E-state index >= 15 is 0 Å². The van der Waals surface area contributed by atoms with Crippen molar-refractivity contribution in [3.63, 3.8) is 0 Å². The van der Waals surface area contributed by atoms with E-state index in [4.69, 9.17) is 0 Å². The fourth-order valence-electron chi connectivity index (χ4n) is 6.07. The van der Waals surface area contributed by atoms with E-state index in [1.54, 1.807) is 0 Å². The lowest BCUT2D eigenvalue weighted by molar-refractivity contribution is -0.143. The molecular formula is C32H56N6O7S. The third-order valence-electron chi connectivity index (χ3n) is 8.97. The van der Waals surface area contributed by atoms with Crippen LogP contribution in [-0.2, 0) is 29.2 Å². The topological polar surface area (TPSA) is 174 Å². The van der Waals surface area contributed by atoms with E-state index < -0.39 is 63.2 Å². The quantitative estimate of drug-likeness (QED) is 0.152. The number of carbonyl (C=O) groups excluding carboxylic acids is 5. The van der Waals surface area contributed by atoms with Crippen LogP contribution in [0.4, 0.5) is 4.79 Å². The van der Waals surface area contributed by atoms with Gasteiger partial charge in [0.05, 0.1) is 12.3 Å². The van der Waals surface area contributed by atoms with Gasteiger partial charge in [-0.3, -0.25) is 19.2 Å². The van der Waals surface area contributed by atoms with Gasteiger partial charge in [-0.1, -0.05) is 66.4 Å². The molecule has 46 heavy (non-hydrogen) atoms. The molecule has 0 aromatic rings. The second-order valence-corrected chi connectivity index (χ2v) is 16.1. The Kier molecular flexibility index (Phi) is 14.7. The van der Waals surface area contributed by atoms with Crippen LogP contribution < -0.4 is 21.3 Å². The summed E-state index contributed by atoms with van der Waals surface area (Å²) in [6, 6.07) is -3.94. The number of carbonyl (C=O) groups is 5. The van der Waals surface area contributed by atoms with Crippen molar-refractivity contribution in [1.29, 1.82) is 0 Å². The van der Waals surface area contributed by atoms with E-state index in [2.05, 4.69) is 27.8 Å². The molecular weight excluding hydrogens is 612 g/mol. The van der Waals surface area contributed by atoms with Crippen molar-refractivity contribution in [1.82, 2.24) is 30.5 Å². The molecule has 0 bridgehead atoms. The second kappa shape index (κ2) is 17.2. The summed E-state index contributed by atoms with van der Waals surface area (Å²) in [5.74, 6) is -2.59. The second-order valence-electron chi connectivity index (χ2n) is 14.0. The van der Waals surface area contributed by atoms with Crippen LogP contribution in [0.1, 0.15) is 86.0 Å². The number of nitrogens with zero attached hydrogens (tertiary/aromatic N) is 2. The van der Waals surface area contributed by atoms with Crippen LogP contribution in [0.15, 0.2) is 12.7 Å². The molecule has 4 N–H and O–H groups in total. The summed E-state index contributed by atoms with van der Waals surface area (Å²) in [6.45, 7) is 13.5. The van der Waals surface area contributed by atoms with Crippen molar-refractivity contribution in [2.45, 2.75) is 110 Å². The van der Waals surface area contributed by atoms with Gasteiger partial charge in [0.15, 0.2) is 0 Å². The van der Waals surface area contributed by atoms with Crippen LogP contribution in [0, 0.1) is 17.3 Å². The van der Waals surface area contributed by atoms with Gasteiger partial charge in [0.1, 0.15) is 12.1 Å². The van der Waals surface area contributed by atoms with Gasteiger partial charge in [0.25, 0.3) is 5.91 Å². The van der Waals surface area contributed by atoms with Crippen LogP contribution in [0.25, 0.3) is 0 Å². The molecule has 0 aromatic carbocycles. The standard InChI is InChI=1S/C32H56N6O7S/c1-9-14-23(27(39)29(41)33-17-10-2)34-28(40)24-18-21(3)19-38(24)30(42)26(22-15-12-11-13-16-22)36-31(43)35-25(32(4,5)6)20-37(7)46(8,44)45/h10,21-26H,2,9,11-20H2,1,3-8H3,(H,33,41)(H,34,40)(H2,35,36,43)/t21-,23?,24+,25-,26+/m1/s1. The molecule has 2 aliphatic rings. The molecule has 13 nitrogen and oxygen atoms in total. The van der Waals surface area contributed by atoms with Crippen molar-refractivity contribution in [3.05, 3.63) is 12.7 Å². The molecule has 1 heterocycles. The molecule has 5 atom stereocenters. The Morgan fingerprint density at radius 2 is 1.67 bits per heavy atom. The van der Waals surface area contributed by atoms with Gasteiger partial charge in [-0.2, -0.15) is 0 Å². The van der Waals surface area contributed by atoms with Gasteiger partial charge in [0.2, 0.25) is 27.6 Å². The van der Waals surface area contributed by atoms with E-state index in [9.17, 15) is 32.4 Å². The summed E-state index contributed by atoms with van der Waals surface area (Å²) < 4.78 is 25.4. The number of amides is 5. The lowest BCUT2D eigenvalue weighted by Crippen LogP contribution is -2.60. The maximum atomic E-state index is 14.3. The summed E-state index contributed by atoms with van der Waals surface area (Å²) >= 11 is 0. The molecule has 1 saturated heterocycles. The van der Waals surface area contributed by atoms with Gasteiger partial charge < -0.3 is 26.2 Å². The van der Waals surface area contributed by atoms with Crippen molar-refractivity contribution >= 4 is 39.6 Å². The Hall–Kier alpha value is -3.00. The van der Waals surface area contributed by atoms with E-state index in [1.807, 2.05) is 34.6 Å². The number of ketones is 1. The molecule has 1 saturated carbocycles. The molecule has 5 amide bonds. The predicted octanol–water partition coefficient (Wildman–Crippen LogP) is 1.93. The molecule has 1 aliphatic heterocycles. The smallest absolute Gasteiger partial charge is 0.315 e. The average Bonchev–Trinajstić information content (AvgIpc) is 3.38. The van der Waals surface area contributed by atoms with E-state index in [-0.39, 0.29) is 37.3 Å². The Bertz CT molecular complexity index is 1210. The van der Waals surface area contributed by atoms with Crippen molar-refractivity contribution in [2.75, 3.05) is 32.9 Å². The van der Waals surface area contributed by atoms with Crippen molar-refractivity contribution in [3.8, 4) is 0 Å². The van der Waals surface area contributed by atoms with Crippen molar-refractivity contribution < 1.29 is 32.4 Å². The maximum absolute atomic E-state index is 14.3. The van der Waals surface area contributed by atoms with Gasteiger partial charge in [-0.15, -0.1) is 6.58 Å². The summed E-state index contributed by atoms with van der Waals surface area (Å²) in [5, 5.41) is 11.0. The Balaban J connectivity index is 2.29. The van der Waals surface area contributed by atoms with Crippen LogP contribution in [0.3, 0.4) is 0 Å². The largest absolute Gasteiger partial charge is 0.346 e. The highest BCUT2D eigenvalue weighted by molar-refractivity contribution is 7.88. The molecule has 2 fully saturated rings. The summed E-state index contributed by atoms with van der Waals surface area (Å²) in [7, 11) is -2.04. The Morgan fingerprint density at radius 3 is 2.22 bits per heavy atom. The van der Waals surface area contributed by atoms with Crippen LogP contribution in [-0.4, -0.2) is 104 Å². The fourth-order valence-corrected chi connectivity index (χ4v) is 6.49. The first-order valence-corrected chi connectivity index (χ1v) is 18.3. The van der Waals surface area contributed by atoms with Crippen LogP contribution >= 0.6 is 0 Å². The number of likely N-dealkylation sites (tertiary alicyclic amines) is 1. The number of likely N-dealkylation sites (N-methyl/N-ethyl adjacent to an activating group) is 1. The molecule has 14 heteroatoms. The number of hydrogen-bond donors (Lipinski definition) is 4. The van der Waals surface area contributed by atoms with Crippen LogP contribution in [0.5, 0.6) is 0 Å². The third-order valence-corrected chi connectivity index (χ3v) is 10.2. The van der Waals surface area contributed by atoms with Crippen molar-refractivity contribution in [2.24, 2.45) is 17.3 Å². The summed E-state index contributed by atoms with van der Waals surface area (Å²) in [4.78, 5) is 68.1. The Labute approximate surface area is 275 Å². The van der Waals surface area contributed by atoms with Gasteiger partial charge in [0, 0.05) is 32.7 Å². The minimum atomic E-state index is -3.49. The maximum Gasteiger partial charge on any atom is 0.315 e. The molecule has 2 rings (SSSR count). The normalized spacial score (nSPS) is 21.2. The molecule has 0 aromatic heterocycles. The van der Waals surface area contributed by atoms with Gasteiger partial charge >= 0.3 is 6.03 Å². The fraction of sp³-hybridized carbons (Fsp3) is 0.781. The van der Waals surface area contributed by atoms with E-state index in [0.717, 1.165) is 38.4 Å². The lowest BCUT2D eigenvalue weighted by atomic mass is 9.83. The van der Waals surface area contributed by atoms with E-state index in [0.29, 0.717) is 19.4 Å². The first-order chi connectivity index (χ1) is 21.4. The SMILES string of the molecule is C=CCNC(=O)C(=O)C(CCC)NC(=O)[C@@H]1C[C@@H](C)CN1C(=O)[C@@H](NC(=O)N[C@H](CN(C)S(C)(=O)=O)C(C)(C)C)C1CCCCC1. The number of urea groups is 1. The monoisotopic (exact) mass is 668 g/mol. The predicted molar refractivity (Wildman–Crippen MR) is 177 cm³/mol. The Morgan fingerprint density at radius 1 is 1.04 bits per heavy atom. The minimum absolute atomic E-state index is 0.00597. The number of sulfonamides is 1. The van der Waals surface area contributed by atoms with Gasteiger partial charge in [-0.05, 0) is 42.9 Å². The number of nitrogens with one attached hydrogen (secondary N) is 4. The number of rotatable bonds is 15. The number of Topliss-reactive ketones (excluding diaryl/α,β-unsaturated/α-hetero) is 1. The van der Waals surface area contributed by atoms with Crippen LogP contribution in [0.2, 0.25) is 0 Å². The molecule has 0 radical (unpaired) electrons. The highest BCUT2D eigenvalue weighted by atomic mass is 32.2. The highest BCUT2D eigenvalue weighted by Gasteiger charge is 2.44. The lowest BCUT2D eigenvalue weighted by Gasteiger charge is -2.37. The van der Waals surface area contributed by atoms with E-state index in [1.165, 1.54) is 22.3 Å². The average molecular weight is 669 g/mol. The zero-order chi connectivity index (χ0) is 34.8. The molecule has 262 valence electrons. The first-order valence-electron chi connectivity index (χ1n) is 16.4. The summed E-state index contributed by atoms with van der Waals surface area (Å²) in [5.41, 5.74) is -0.497. The molecule has 1 unspecified atom stereocenters. The van der Waals surface area contributed by atoms with Gasteiger partial charge in [-0.25, -0.2) is 17.5 Å². The number of hydrogen-bond acceptors (Lipinski definition) is 7. The summed E-state index contributed by atoms with van der Waals surface area (Å²) in [6.07, 6.45) is 8.08. The molecule has 0 spiro atoms. The highest BCUT2D eigenvalue weighted by Crippen LogP contribution is 2.31. The zero-order valence-electron chi connectivity index (χ0n) is 28.7. The third kappa shape index (κ3) is 11.4. The zero-order valence-corrected chi connectivity index (χ0v) is 29.5. The first kappa shape index (κ1) is 39.2.